The van der Waals surface area contributed by atoms with Gasteiger partial charge in [-0.3, -0.25) is 14.6 Å². The van der Waals surface area contributed by atoms with Crippen molar-refractivity contribution >= 4 is 23.4 Å². The second-order valence-electron chi connectivity index (χ2n) is 9.26. The van der Waals surface area contributed by atoms with Crippen molar-refractivity contribution in [2.45, 2.75) is 56.0 Å². The predicted octanol–water partition coefficient (Wildman–Crippen LogP) is 3.77. The highest BCUT2D eigenvalue weighted by atomic mass is 35.5. The summed E-state index contributed by atoms with van der Waals surface area (Å²) in [6.45, 7) is -0.453. The maximum atomic E-state index is 13.6. The lowest BCUT2D eigenvalue weighted by Crippen LogP contribution is -2.75. The third-order valence-corrected chi connectivity index (χ3v) is 7.12. The fourth-order valence-corrected chi connectivity index (χ4v) is 5.07. The van der Waals surface area contributed by atoms with E-state index in [1.54, 1.807) is 0 Å². The molecule has 1 unspecified atom stereocenters. The first-order valence-corrected chi connectivity index (χ1v) is 11.7. The molecule has 1 heterocycles. The van der Waals surface area contributed by atoms with Crippen molar-refractivity contribution in [1.29, 1.82) is 0 Å². The maximum Gasteiger partial charge on any atom is 0.417 e. The minimum Gasteiger partial charge on any atom is -0.484 e. The van der Waals surface area contributed by atoms with Crippen molar-refractivity contribution in [2.24, 2.45) is 5.92 Å². The normalized spacial score (nSPS) is 25.3. The van der Waals surface area contributed by atoms with Crippen molar-refractivity contribution in [3.63, 3.8) is 0 Å². The summed E-state index contributed by atoms with van der Waals surface area (Å²) in [5.41, 5.74) is -3.75. The van der Waals surface area contributed by atoms with Gasteiger partial charge in [0.05, 0.1) is 22.5 Å². The molecule has 12 heteroatoms. The minimum absolute atomic E-state index is 0.0862. The number of rotatable bonds is 7. The average molecular weight is 530 g/mol. The van der Waals surface area contributed by atoms with Gasteiger partial charge in [-0.15, -0.1) is 0 Å². The number of nitrogens with zero attached hydrogens (tertiary/aromatic N) is 1. The number of hydrogen-bond acceptors (Lipinski definition) is 5. The first-order chi connectivity index (χ1) is 16.9. The first-order valence-electron chi connectivity index (χ1n) is 11.3. The summed E-state index contributed by atoms with van der Waals surface area (Å²) in [5, 5.41) is 16.8. The number of amides is 2. The van der Waals surface area contributed by atoms with Gasteiger partial charge in [0.25, 0.3) is 5.91 Å². The molecule has 0 spiro atoms. The molecule has 0 radical (unpaired) electrons. The Bertz CT molecular complexity index is 1140. The van der Waals surface area contributed by atoms with E-state index < -0.39 is 47.2 Å². The van der Waals surface area contributed by atoms with Gasteiger partial charge in [0, 0.05) is 24.4 Å². The van der Waals surface area contributed by atoms with Crippen LogP contribution in [0.4, 0.5) is 17.6 Å². The lowest BCUT2D eigenvalue weighted by molar-refractivity contribution is -0.169. The fraction of sp³-hybridized carbons (Fsp3) is 0.458. The summed E-state index contributed by atoms with van der Waals surface area (Å²) in [4.78, 5) is 29.1. The maximum absolute atomic E-state index is 13.6. The number of pyridine rings is 1. The lowest BCUT2D eigenvalue weighted by atomic mass is 9.60. The summed E-state index contributed by atoms with van der Waals surface area (Å²) in [5.74, 6) is -1.66. The lowest BCUT2D eigenvalue weighted by Gasteiger charge is -2.57. The number of aromatic nitrogens is 1. The van der Waals surface area contributed by atoms with Crippen LogP contribution < -0.4 is 15.4 Å². The zero-order valence-corrected chi connectivity index (χ0v) is 19.8. The van der Waals surface area contributed by atoms with Crippen molar-refractivity contribution in [3.05, 3.63) is 58.6 Å². The molecule has 5 rings (SSSR count). The SMILES string of the molecule is O=C(Cc1ccc(C(F)(F)F)cn1)NC1(O)CC2CCC1(NC(=O)COc1ccc(Cl)c(F)c1)CC2. The number of alkyl halides is 3. The van der Waals surface area contributed by atoms with Gasteiger partial charge in [-0.25, -0.2) is 4.39 Å². The number of ether oxygens (including phenoxy) is 1. The van der Waals surface area contributed by atoms with E-state index in [1.165, 1.54) is 12.1 Å². The number of fused-ring (bicyclic) bond motifs is 3. The second kappa shape index (κ2) is 9.85. The molecule has 0 aliphatic heterocycles. The van der Waals surface area contributed by atoms with E-state index in [0.29, 0.717) is 19.0 Å². The fourth-order valence-electron chi connectivity index (χ4n) is 4.95. The Morgan fingerprint density at radius 3 is 2.47 bits per heavy atom. The molecule has 3 aliphatic rings. The van der Waals surface area contributed by atoms with Crippen LogP contribution in [0.2, 0.25) is 5.02 Å². The van der Waals surface area contributed by atoms with Gasteiger partial charge >= 0.3 is 6.18 Å². The zero-order chi connectivity index (χ0) is 26.1. The van der Waals surface area contributed by atoms with Crippen LogP contribution in [0.3, 0.4) is 0 Å². The molecule has 1 aromatic carbocycles. The largest absolute Gasteiger partial charge is 0.484 e. The number of benzene rings is 1. The second-order valence-corrected chi connectivity index (χ2v) is 9.67. The quantitative estimate of drug-likeness (QED) is 0.374. The van der Waals surface area contributed by atoms with Crippen molar-refractivity contribution < 1.29 is 37.0 Å². The summed E-state index contributed by atoms with van der Waals surface area (Å²) < 4.78 is 57.2. The van der Waals surface area contributed by atoms with Gasteiger partial charge in [-0.05, 0) is 55.9 Å². The van der Waals surface area contributed by atoms with Crippen molar-refractivity contribution in [3.8, 4) is 5.75 Å². The third kappa shape index (κ3) is 5.57. The molecule has 194 valence electrons. The van der Waals surface area contributed by atoms with Crippen molar-refractivity contribution in [1.82, 2.24) is 15.6 Å². The number of aliphatic hydroxyl groups is 1. The Hall–Kier alpha value is -2.92. The van der Waals surface area contributed by atoms with Gasteiger partial charge in [-0.1, -0.05) is 11.6 Å². The van der Waals surface area contributed by atoms with E-state index in [-0.39, 0.29) is 35.2 Å². The summed E-state index contributed by atoms with van der Waals surface area (Å²) in [7, 11) is 0. The standard InChI is InChI=1S/C24H24ClF4N3O4/c25-18-4-3-17(10-19(18)26)36-13-21(34)31-22-7-5-14(6-8-22)11-23(22,35)32-20(33)9-16-2-1-15(12-30-16)24(27,28)29/h1-4,10,12,14,35H,5-9,11,13H2,(H,31,34)(H,32,33). The predicted molar refractivity (Wildman–Crippen MR) is 120 cm³/mol. The number of hydrogen-bond donors (Lipinski definition) is 3. The van der Waals surface area contributed by atoms with E-state index in [4.69, 9.17) is 16.3 Å². The molecular weight excluding hydrogens is 506 g/mol. The number of carbonyl (C=O) groups excluding carboxylic acids is 2. The first kappa shape index (κ1) is 26.2. The van der Waals surface area contributed by atoms with Crippen LogP contribution in [0.25, 0.3) is 0 Å². The van der Waals surface area contributed by atoms with Crippen LogP contribution in [-0.2, 0) is 22.2 Å². The molecule has 1 atom stereocenters. The molecule has 3 saturated carbocycles. The summed E-state index contributed by atoms with van der Waals surface area (Å²) in [6.07, 6.45) is -1.73. The van der Waals surface area contributed by atoms with Crippen LogP contribution >= 0.6 is 11.6 Å². The summed E-state index contributed by atoms with van der Waals surface area (Å²) in [6, 6.07) is 5.69. The molecule has 0 saturated heterocycles. The van der Waals surface area contributed by atoms with Crippen molar-refractivity contribution in [2.75, 3.05) is 6.61 Å². The van der Waals surface area contributed by atoms with Gasteiger partial charge < -0.3 is 20.5 Å². The van der Waals surface area contributed by atoms with Crippen LogP contribution in [0.1, 0.15) is 43.4 Å². The van der Waals surface area contributed by atoms with Gasteiger partial charge in [-0.2, -0.15) is 13.2 Å². The molecule has 2 bridgehead atoms. The van der Waals surface area contributed by atoms with E-state index in [1.807, 2.05) is 0 Å². The highest BCUT2D eigenvalue weighted by molar-refractivity contribution is 6.30. The van der Waals surface area contributed by atoms with Gasteiger partial charge in [0.2, 0.25) is 5.91 Å². The number of nitrogens with one attached hydrogen (secondary N) is 2. The van der Waals surface area contributed by atoms with Crippen LogP contribution in [0.5, 0.6) is 5.75 Å². The van der Waals surface area contributed by atoms with Gasteiger partial charge in [0.1, 0.15) is 11.6 Å². The molecule has 3 fully saturated rings. The average Bonchev–Trinajstić information content (AvgIpc) is 2.80. The molecule has 3 N–H and O–H groups in total. The molecule has 1 aromatic heterocycles. The van der Waals surface area contributed by atoms with E-state index >= 15 is 0 Å². The Morgan fingerprint density at radius 2 is 1.86 bits per heavy atom. The Kier molecular flexibility index (Phi) is 7.16. The van der Waals surface area contributed by atoms with Crippen LogP contribution in [-0.4, -0.2) is 39.8 Å². The zero-order valence-electron chi connectivity index (χ0n) is 19.0. The topological polar surface area (TPSA) is 101 Å². The number of halogens is 5. The molecule has 2 amide bonds. The minimum atomic E-state index is -4.54. The summed E-state index contributed by atoms with van der Waals surface area (Å²) >= 11 is 5.64. The van der Waals surface area contributed by atoms with Crippen LogP contribution in [0, 0.1) is 11.7 Å². The Labute approximate surface area is 209 Å². The third-order valence-electron chi connectivity index (χ3n) is 6.81. The highest BCUT2D eigenvalue weighted by Gasteiger charge is 2.58. The molecule has 3 aliphatic carbocycles. The van der Waals surface area contributed by atoms with E-state index in [2.05, 4.69) is 15.6 Å². The molecular formula is C24H24ClF4N3O4. The highest BCUT2D eigenvalue weighted by Crippen LogP contribution is 2.49. The van der Waals surface area contributed by atoms with E-state index in [0.717, 1.165) is 31.0 Å². The van der Waals surface area contributed by atoms with E-state index in [9.17, 15) is 32.3 Å². The van der Waals surface area contributed by atoms with Crippen LogP contribution in [0.15, 0.2) is 36.5 Å². The monoisotopic (exact) mass is 529 g/mol. The molecule has 2 aromatic rings. The Balaban J connectivity index is 1.41. The smallest absolute Gasteiger partial charge is 0.417 e. The number of carbonyl (C=O) groups is 2. The Morgan fingerprint density at radius 1 is 1.14 bits per heavy atom. The van der Waals surface area contributed by atoms with Gasteiger partial charge in [0.15, 0.2) is 12.3 Å². The molecule has 36 heavy (non-hydrogen) atoms. The molecule has 7 nitrogen and oxygen atoms in total.